The summed E-state index contributed by atoms with van der Waals surface area (Å²) in [6.07, 6.45) is 5.11. The molecule has 0 aromatic heterocycles. The van der Waals surface area contributed by atoms with Gasteiger partial charge >= 0.3 is 0 Å². The molecule has 0 saturated heterocycles. The molecule has 2 atom stereocenters. The average Bonchev–Trinajstić information content (AvgIpc) is 2.32. The number of aliphatic hydroxyl groups is 1. The average molecular weight is 176 g/mol. The second kappa shape index (κ2) is 2.85. The monoisotopic (exact) mass is 176 g/mol. The van der Waals surface area contributed by atoms with Crippen LogP contribution in [0.1, 0.15) is 27.2 Å². The topological polar surface area (TPSA) is 20.2 Å². The van der Waals surface area contributed by atoms with E-state index in [-0.39, 0.29) is 6.10 Å². The van der Waals surface area contributed by atoms with Gasteiger partial charge in [-0.25, -0.2) is 0 Å². The molecule has 2 unspecified atom stereocenters. The fourth-order valence-corrected chi connectivity index (χ4v) is 2.20. The molecule has 0 heterocycles. The van der Waals surface area contributed by atoms with Crippen LogP contribution < -0.4 is 0 Å². The Bertz CT molecular complexity index is 331. The van der Waals surface area contributed by atoms with Gasteiger partial charge in [-0.15, -0.1) is 0 Å². The van der Waals surface area contributed by atoms with E-state index >= 15 is 0 Å². The maximum absolute atomic E-state index is 9.93. The maximum atomic E-state index is 9.93. The van der Waals surface area contributed by atoms with Crippen LogP contribution in [-0.2, 0) is 0 Å². The third-order valence-corrected chi connectivity index (χ3v) is 3.22. The molecule has 2 aliphatic rings. The van der Waals surface area contributed by atoms with Crippen molar-refractivity contribution in [2.24, 2.45) is 5.92 Å². The smallest absolute Gasteiger partial charge is 0.0973 e. The van der Waals surface area contributed by atoms with Gasteiger partial charge < -0.3 is 5.11 Å². The summed E-state index contributed by atoms with van der Waals surface area (Å²) >= 11 is 0. The number of allylic oxidation sites excluding steroid dienone is 4. The van der Waals surface area contributed by atoms with Crippen LogP contribution in [0.4, 0.5) is 0 Å². The standard InChI is InChI=1S/C12H16O/c1-7-4-5-10-8(2)9(3)12(13)11(10)6-7/h4-5,7,12-13H,6H2,1-3H3. The molecule has 0 fully saturated rings. The van der Waals surface area contributed by atoms with Gasteiger partial charge in [0.2, 0.25) is 0 Å². The number of aliphatic hydroxyl groups excluding tert-OH is 1. The lowest BCUT2D eigenvalue weighted by molar-refractivity contribution is 0.242. The normalized spacial score (nSPS) is 32.9. The molecule has 0 saturated carbocycles. The SMILES string of the molecule is CC1=C(C)C(O)C2=C1C=CC(C)C2. The molecule has 0 aromatic carbocycles. The van der Waals surface area contributed by atoms with Crippen molar-refractivity contribution >= 4 is 0 Å². The summed E-state index contributed by atoms with van der Waals surface area (Å²) in [5, 5.41) is 9.93. The third-order valence-electron chi connectivity index (χ3n) is 3.22. The fourth-order valence-electron chi connectivity index (χ4n) is 2.20. The van der Waals surface area contributed by atoms with Gasteiger partial charge in [0.15, 0.2) is 0 Å². The molecule has 0 amide bonds. The molecule has 0 spiro atoms. The molecule has 0 aromatic rings. The Morgan fingerprint density at radius 2 is 2.08 bits per heavy atom. The molecule has 1 N–H and O–H groups in total. The highest BCUT2D eigenvalue weighted by atomic mass is 16.3. The van der Waals surface area contributed by atoms with E-state index in [4.69, 9.17) is 0 Å². The van der Waals surface area contributed by atoms with E-state index in [9.17, 15) is 5.11 Å². The van der Waals surface area contributed by atoms with Crippen LogP contribution in [-0.4, -0.2) is 11.2 Å². The van der Waals surface area contributed by atoms with Crippen molar-refractivity contribution in [3.8, 4) is 0 Å². The van der Waals surface area contributed by atoms with Crippen LogP contribution in [0.5, 0.6) is 0 Å². The molecule has 0 bridgehead atoms. The summed E-state index contributed by atoms with van der Waals surface area (Å²) in [7, 11) is 0. The minimum atomic E-state index is -0.303. The van der Waals surface area contributed by atoms with Gasteiger partial charge in [-0.2, -0.15) is 0 Å². The summed E-state index contributed by atoms with van der Waals surface area (Å²) in [6.45, 7) is 6.31. The van der Waals surface area contributed by atoms with Gasteiger partial charge in [0.05, 0.1) is 6.10 Å². The first-order valence-corrected chi connectivity index (χ1v) is 4.88. The molecule has 70 valence electrons. The van der Waals surface area contributed by atoms with Gasteiger partial charge in [-0.1, -0.05) is 19.1 Å². The maximum Gasteiger partial charge on any atom is 0.0973 e. The Labute approximate surface area is 79.5 Å². The Morgan fingerprint density at radius 1 is 1.38 bits per heavy atom. The van der Waals surface area contributed by atoms with E-state index in [0.29, 0.717) is 5.92 Å². The van der Waals surface area contributed by atoms with Crippen LogP contribution in [0.25, 0.3) is 0 Å². The molecule has 2 aliphatic carbocycles. The molecular formula is C12H16O. The number of rotatable bonds is 0. The van der Waals surface area contributed by atoms with Crippen molar-refractivity contribution in [3.05, 3.63) is 34.4 Å². The van der Waals surface area contributed by atoms with Crippen molar-refractivity contribution in [1.29, 1.82) is 0 Å². The van der Waals surface area contributed by atoms with Gasteiger partial charge in [0.1, 0.15) is 0 Å². The molecule has 13 heavy (non-hydrogen) atoms. The summed E-state index contributed by atoms with van der Waals surface area (Å²) < 4.78 is 0. The highest BCUT2D eigenvalue weighted by molar-refractivity contribution is 5.56. The molecule has 1 nitrogen and oxygen atoms in total. The van der Waals surface area contributed by atoms with E-state index < -0.39 is 0 Å². The van der Waals surface area contributed by atoms with Gasteiger partial charge in [0.25, 0.3) is 0 Å². The van der Waals surface area contributed by atoms with Crippen molar-refractivity contribution in [1.82, 2.24) is 0 Å². The predicted octanol–water partition coefficient (Wildman–Crippen LogP) is 2.59. The van der Waals surface area contributed by atoms with E-state index in [1.807, 2.05) is 6.92 Å². The lowest BCUT2D eigenvalue weighted by Crippen LogP contribution is -2.12. The van der Waals surface area contributed by atoms with Crippen molar-refractivity contribution in [3.63, 3.8) is 0 Å². The third kappa shape index (κ3) is 1.19. The Morgan fingerprint density at radius 3 is 2.77 bits per heavy atom. The molecule has 2 rings (SSSR count). The first kappa shape index (κ1) is 8.76. The van der Waals surface area contributed by atoms with E-state index in [1.165, 1.54) is 16.7 Å². The fraction of sp³-hybridized carbons (Fsp3) is 0.500. The van der Waals surface area contributed by atoms with Crippen molar-refractivity contribution in [2.75, 3.05) is 0 Å². The van der Waals surface area contributed by atoms with Crippen LogP contribution in [0.15, 0.2) is 34.4 Å². The van der Waals surface area contributed by atoms with Crippen molar-refractivity contribution in [2.45, 2.75) is 33.3 Å². The highest BCUT2D eigenvalue weighted by Crippen LogP contribution is 2.39. The zero-order valence-electron chi connectivity index (χ0n) is 8.46. The van der Waals surface area contributed by atoms with E-state index in [0.717, 1.165) is 12.0 Å². The Hall–Kier alpha value is -0.820. The Balaban J connectivity index is 2.42. The zero-order valence-corrected chi connectivity index (χ0v) is 8.46. The van der Waals surface area contributed by atoms with E-state index in [1.54, 1.807) is 0 Å². The van der Waals surface area contributed by atoms with Crippen LogP contribution in [0.2, 0.25) is 0 Å². The quantitative estimate of drug-likeness (QED) is 0.601. The molecule has 1 heteroatoms. The van der Waals surface area contributed by atoms with Gasteiger partial charge in [-0.05, 0) is 48.5 Å². The lowest BCUT2D eigenvalue weighted by atomic mass is 9.90. The summed E-state index contributed by atoms with van der Waals surface area (Å²) in [5.41, 5.74) is 4.91. The summed E-state index contributed by atoms with van der Waals surface area (Å²) in [4.78, 5) is 0. The van der Waals surface area contributed by atoms with Gasteiger partial charge in [-0.3, -0.25) is 0 Å². The second-order valence-electron chi connectivity index (χ2n) is 4.19. The second-order valence-corrected chi connectivity index (χ2v) is 4.19. The molecular weight excluding hydrogens is 160 g/mol. The van der Waals surface area contributed by atoms with Crippen LogP contribution in [0, 0.1) is 5.92 Å². The predicted molar refractivity (Wildman–Crippen MR) is 54.3 cm³/mol. The minimum Gasteiger partial charge on any atom is -0.384 e. The first-order chi connectivity index (χ1) is 6.11. The zero-order chi connectivity index (χ0) is 9.59. The largest absolute Gasteiger partial charge is 0.384 e. The van der Waals surface area contributed by atoms with Crippen molar-refractivity contribution < 1.29 is 5.11 Å². The van der Waals surface area contributed by atoms with E-state index in [2.05, 4.69) is 26.0 Å². The van der Waals surface area contributed by atoms with Crippen LogP contribution >= 0.6 is 0 Å². The molecule has 0 radical (unpaired) electrons. The van der Waals surface area contributed by atoms with Gasteiger partial charge in [0, 0.05) is 0 Å². The van der Waals surface area contributed by atoms with Crippen LogP contribution in [0.3, 0.4) is 0 Å². The Kier molecular flexibility index (Phi) is 1.92. The first-order valence-electron chi connectivity index (χ1n) is 4.88. The number of hydrogen-bond donors (Lipinski definition) is 1. The molecule has 0 aliphatic heterocycles. The lowest BCUT2D eigenvalue weighted by Gasteiger charge is -2.18. The number of hydrogen-bond acceptors (Lipinski definition) is 1. The summed E-state index contributed by atoms with van der Waals surface area (Å²) in [5.74, 6) is 0.576. The minimum absolute atomic E-state index is 0.303. The summed E-state index contributed by atoms with van der Waals surface area (Å²) in [6, 6.07) is 0. The highest BCUT2D eigenvalue weighted by Gasteiger charge is 2.28.